The van der Waals surface area contributed by atoms with Gasteiger partial charge in [-0.05, 0) is 43.9 Å². The van der Waals surface area contributed by atoms with Crippen LogP contribution in [0.4, 0.5) is 0 Å². The van der Waals surface area contributed by atoms with Crippen molar-refractivity contribution in [2.75, 3.05) is 19.4 Å². The van der Waals surface area contributed by atoms with E-state index in [4.69, 9.17) is 4.74 Å². The SMILES string of the molecule is CNC(C)C(=O)N[C@H]1CCO[C@H]2CC(C)(C)[C@@H](C(=O)NC3CCSc4ccccc43)N2C1=O.Cl. The summed E-state index contributed by atoms with van der Waals surface area (Å²) in [4.78, 5) is 42.5. The molecule has 1 aromatic rings. The molecule has 0 aromatic heterocycles. The lowest BCUT2D eigenvalue weighted by atomic mass is 9.83. The fraction of sp³-hybridized carbons (Fsp3) is 0.625. The van der Waals surface area contributed by atoms with Gasteiger partial charge in [0.05, 0.1) is 18.7 Å². The number of nitrogens with one attached hydrogen (secondary N) is 3. The highest BCUT2D eigenvalue weighted by Crippen LogP contribution is 2.43. The Morgan fingerprint density at radius 2 is 1.91 bits per heavy atom. The van der Waals surface area contributed by atoms with Crippen molar-refractivity contribution in [3.8, 4) is 0 Å². The van der Waals surface area contributed by atoms with Crippen LogP contribution in [0.1, 0.15) is 51.6 Å². The molecule has 188 valence electrons. The van der Waals surface area contributed by atoms with Gasteiger partial charge < -0.3 is 25.6 Å². The molecular weight excluding hydrogens is 476 g/mol. The van der Waals surface area contributed by atoms with Crippen LogP contribution in [-0.2, 0) is 19.1 Å². The smallest absolute Gasteiger partial charge is 0.247 e. The standard InChI is InChI=1S/C24H34N4O4S.ClH/c1-14(25-4)21(29)27-17-9-11-32-19-13-24(2,3)20(28(19)23(17)31)22(30)26-16-10-12-33-18-8-6-5-7-15(16)18;/h5-8,14,16-17,19-20,25H,9-13H2,1-4H3,(H,26,30)(H,27,29);1H/t14?,16?,17-,19-,20+;/m0./s1. The van der Waals surface area contributed by atoms with E-state index in [0.29, 0.717) is 19.4 Å². The molecule has 8 nitrogen and oxygen atoms in total. The highest BCUT2D eigenvalue weighted by Gasteiger charge is 2.55. The molecule has 0 radical (unpaired) electrons. The number of hydrogen-bond donors (Lipinski definition) is 3. The molecule has 34 heavy (non-hydrogen) atoms. The van der Waals surface area contributed by atoms with Gasteiger partial charge in [0.25, 0.3) is 0 Å². The van der Waals surface area contributed by atoms with Crippen LogP contribution in [0, 0.1) is 5.41 Å². The molecule has 3 heterocycles. The van der Waals surface area contributed by atoms with E-state index >= 15 is 0 Å². The average molecular weight is 511 g/mol. The van der Waals surface area contributed by atoms with Crippen LogP contribution in [0.3, 0.4) is 0 Å². The van der Waals surface area contributed by atoms with E-state index in [-0.39, 0.29) is 36.2 Å². The van der Waals surface area contributed by atoms with E-state index < -0.39 is 29.8 Å². The number of carbonyl (C=O) groups is 3. The predicted octanol–water partition coefficient (Wildman–Crippen LogP) is 2.23. The van der Waals surface area contributed by atoms with E-state index in [2.05, 4.69) is 28.1 Å². The Bertz CT molecular complexity index is 930. The van der Waals surface area contributed by atoms with Crippen LogP contribution >= 0.6 is 24.2 Å². The summed E-state index contributed by atoms with van der Waals surface area (Å²) in [5, 5.41) is 8.97. The van der Waals surface area contributed by atoms with Gasteiger partial charge in [-0.1, -0.05) is 32.0 Å². The van der Waals surface area contributed by atoms with Gasteiger partial charge >= 0.3 is 0 Å². The lowest BCUT2D eigenvalue weighted by Crippen LogP contribution is -2.58. The molecule has 3 aliphatic heterocycles. The number of hydrogen-bond acceptors (Lipinski definition) is 6. The lowest BCUT2D eigenvalue weighted by molar-refractivity contribution is -0.150. The number of amides is 3. The van der Waals surface area contributed by atoms with Gasteiger partial charge in [0.2, 0.25) is 17.7 Å². The molecule has 0 saturated carbocycles. The molecule has 3 N–H and O–H groups in total. The average Bonchev–Trinajstić information content (AvgIpc) is 2.99. The summed E-state index contributed by atoms with van der Waals surface area (Å²) in [5.74, 6) is 0.272. The third-order valence-corrected chi connectivity index (χ3v) is 8.09. The normalized spacial score (nSPS) is 28.6. The maximum atomic E-state index is 13.7. The van der Waals surface area contributed by atoms with Crippen LogP contribution in [0.25, 0.3) is 0 Å². The van der Waals surface area contributed by atoms with Gasteiger partial charge in [0.1, 0.15) is 18.3 Å². The fourth-order valence-corrected chi connectivity index (χ4v) is 6.15. The van der Waals surface area contributed by atoms with Crippen molar-refractivity contribution >= 4 is 41.9 Å². The summed E-state index contributed by atoms with van der Waals surface area (Å²) in [6, 6.07) is 6.26. The van der Waals surface area contributed by atoms with E-state index in [9.17, 15) is 14.4 Å². The first-order valence-electron chi connectivity index (χ1n) is 11.7. The monoisotopic (exact) mass is 510 g/mol. The first-order chi connectivity index (χ1) is 15.7. The Balaban J connectivity index is 0.00000324. The molecule has 3 aliphatic rings. The van der Waals surface area contributed by atoms with E-state index in [1.807, 2.05) is 26.0 Å². The van der Waals surface area contributed by atoms with Crippen molar-refractivity contribution < 1.29 is 19.1 Å². The zero-order chi connectivity index (χ0) is 23.8. The Kier molecular flexibility index (Phi) is 8.55. The molecule has 0 aliphatic carbocycles. The first kappa shape index (κ1) is 26.8. The van der Waals surface area contributed by atoms with Gasteiger partial charge in [0, 0.05) is 17.1 Å². The number of rotatable bonds is 5. The molecule has 10 heteroatoms. The molecule has 5 atom stereocenters. The van der Waals surface area contributed by atoms with Crippen LogP contribution < -0.4 is 16.0 Å². The van der Waals surface area contributed by atoms with Crippen LogP contribution in [0.2, 0.25) is 0 Å². The van der Waals surface area contributed by atoms with E-state index in [1.54, 1.807) is 30.6 Å². The maximum Gasteiger partial charge on any atom is 0.247 e. The number of halogens is 1. The van der Waals surface area contributed by atoms with Gasteiger partial charge in [-0.2, -0.15) is 0 Å². The molecule has 3 amide bonds. The van der Waals surface area contributed by atoms with Crippen LogP contribution in [0.5, 0.6) is 0 Å². The Labute approximate surface area is 211 Å². The van der Waals surface area contributed by atoms with E-state index in [0.717, 1.165) is 17.7 Å². The Morgan fingerprint density at radius 3 is 2.65 bits per heavy atom. The van der Waals surface area contributed by atoms with Crippen molar-refractivity contribution in [2.45, 2.75) is 75.3 Å². The summed E-state index contributed by atoms with van der Waals surface area (Å²) in [6.45, 7) is 6.10. The summed E-state index contributed by atoms with van der Waals surface area (Å²) < 4.78 is 6.01. The van der Waals surface area contributed by atoms with E-state index in [1.165, 1.54) is 4.90 Å². The van der Waals surface area contributed by atoms with Crippen LogP contribution in [0.15, 0.2) is 29.2 Å². The Hall–Kier alpha value is -1.81. The molecular formula is C24H35ClN4O4S. The third kappa shape index (κ3) is 5.22. The molecule has 4 rings (SSSR count). The number of ether oxygens (including phenoxy) is 1. The highest BCUT2D eigenvalue weighted by molar-refractivity contribution is 7.99. The van der Waals surface area contributed by atoms with Gasteiger partial charge in [-0.25, -0.2) is 0 Å². The fourth-order valence-electron chi connectivity index (χ4n) is 5.02. The topological polar surface area (TPSA) is 99.8 Å². The number of likely N-dealkylation sites (N-methyl/N-ethyl adjacent to an activating group) is 1. The summed E-state index contributed by atoms with van der Waals surface area (Å²) in [7, 11) is 1.70. The minimum atomic E-state index is -0.714. The summed E-state index contributed by atoms with van der Waals surface area (Å²) >= 11 is 1.80. The van der Waals surface area contributed by atoms with Crippen molar-refractivity contribution in [2.24, 2.45) is 5.41 Å². The molecule has 1 aromatic carbocycles. The third-order valence-electron chi connectivity index (χ3n) is 6.96. The zero-order valence-electron chi connectivity index (χ0n) is 20.1. The van der Waals surface area contributed by atoms with Crippen LogP contribution in [-0.4, -0.2) is 66.4 Å². The van der Waals surface area contributed by atoms with Gasteiger partial charge in [-0.15, -0.1) is 24.2 Å². The number of thioether (sulfide) groups is 1. The summed E-state index contributed by atoms with van der Waals surface area (Å²) in [6.07, 6.45) is 1.33. The lowest BCUT2D eigenvalue weighted by Gasteiger charge is -2.35. The quantitative estimate of drug-likeness (QED) is 0.561. The highest BCUT2D eigenvalue weighted by atomic mass is 35.5. The second-order valence-corrected chi connectivity index (χ2v) is 10.9. The molecule has 0 spiro atoms. The minimum absolute atomic E-state index is 0. The summed E-state index contributed by atoms with van der Waals surface area (Å²) in [5.41, 5.74) is 0.663. The van der Waals surface area contributed by atoms with Gasteiger partial charge in [-0.3, -0.25) is 14.4 Å². The second-order valence-electron chi connectivity index (χ2n) is 9.76. The molecule has 2 unspecified atom stereocenters. The van der Waals surface area contributed by atoms with Crippen molar-refractivity contribution in [1.82, 2.24) is 20.9 Å². The largest absolute Gasteiger partial charge is 0.358 e. The molecule has 2 fully saturated rings. The predicted molar refractivity (Wildman–Crippen MR) is 134 cm³/mol. The number of carbonyl (C=O) groups excluding carboxylic acids is 3. The Morgan fingerprint density at radius 1 is 1.18 bits per heavy atom. The number of benzene rings is 1. The minimum Gasteiger partial charge on any atom is -0.358 e. The molecule has 2 saturated heterocycles. The van der Waals surface area contributed by atoms with Crippen molar-refractivity contribution in [3.63, 3.8) is 0 Å². The first-order valence-corrected chi connectivity index (χ1v) is 12.6. The zero-order valence-corrected chi connectivity index (χ0v) is 21.8. The van der Waals surface area contributed by atoms with Crippen molar-refractivity contribution in [1.29, 1.82) is 0 Å². The maximum absolute atomic E-state index is 13.7. The number of fused-ring (bicyclic) bond motifs is 2. The number of nitrogens with zero attached hydrogens (tertiary/aromatic N) is 1. The second kappa shape index (κ2) is 10.8. The van der Waals surface area contributed by atoms with Crippen molar-refractivity contribution in [3.05, 3.63) is 29.8 Å². The molecule has 0 bridgehead atoms. The van der Waals surface area contributed by atoms with Gasteiger partial charge in [0.15, 0.2) is 0 Å².